The van der Waals surface area contributed by atoms with E-state index >= 15 is 0 Å². The van der Waals surface area contributed by atoms with Gasteiger partial charge < -0.3 is 20.4 Å². The van der Waals surface area contributed by atoms with E-state index in [-0.39, 0.29) is 22.0 Å². The molecular weight excluding hydrogens is 888 g/mol. The Morgan fingerprint density at radius 3 is 2.27 bits per heavy atom. The van der Waals surface area contributed by atoms with E-state index in [1.807, 2.05) is 42.5 Å². The van der Waals surface area contributed by atoms with Gasteiger partial charge in [-0.2, -0.15) is 13.2 Å². The first kappa shape index (κ1) is 49.8. The highest BCUT2D eigenvalue weighted by molar-refractivity contribution is 7.99. The van der Waals surface area contributed by atoms with Gasteiger partial charge in [-0.05, 0) is 110 Å². The fourth-order valence-corrected chi connectivity index (χ4v) is 11.0. The van der Waals surface area contributed by atoms with Gasteiger partial charge in [-0.25, -0.2) is 17.2 Å². The molecule has 3 aliphatic rings. The fourth-order valence-electron chi connectivity index (χ4n) is 8.34. The third kappa shape index (κ3) is 13.7. The molecule has 3 aromatic rings. The zero-order valence-electron chi connectivity index (χ0n) is 36.9. The summed E-state index contributed by atoms with van der Waals surface area (Å²) in [4.78, 5) is 20.4. The van der Waals surface area contributed by atoms with E-state index in [9.17, 15) is 35.2 Å². The largest absolute Gasteiger partial charge is 0.501 e. The third-order valence-electron chi connectivity index (χ3n) is 12.3. The van der Waals surface area contributed by atoms with Gasteiger partial charge in [0.1, 0.15) is 4.90 Å². The highest BCUT2D eigenvalue weighted by Gasteiger charge is 2.48. The van der Waals surface area contributed by atoms with Crippen molar-refractivity contribution < 1.29 is 35.2 Å². The number of carbonyl (C=O) groups is 1. The Hall–Kier alpha value is -3.61. The van der Waals surface area contributed by atoms with E-state index < -0.39 is 38.5 Å². The lowest BCUT2D eigenvalue weighted by Gasteiger charge is -2.39. The van der Waals surface area contributed by atoms with Gasteiger partial charge in [-0.15, -0.1) is 11.8 Å². The fraction of sp³-hybridized carbons (Fsp3) is 0.511. The van der Waals surface area contributed by atoms with E-state index in [1.165, 1.54) is 17.7 Å². The molecule has 0 bridgehead atoms. The number of piperazine rings is 2. The topological polar surface area (TPSA) is 97.0 Å². The summed E-state index contributed by atoms with van der Waals surface area (Å²) in [7, 11) is -5.76. The molecule has 17 heteroatoms. The molecule has 2 unspecified atom stereocenters. The summed E-state index contributed by atoms with van der Waals surface area (Å²) in [5.74, 6) is -0.732. The smallest absolute Gasteiger partial charge is 0.380 e. The highest BCUT2D eigenvalue weighted by Crippen LogP contribution is 2.43. The van der Waals surface area contributed by atoms with E-state index in [0.717, 1.165) is 118 Å². The Kier molecular flexibility index (Phi) is 17.3. The number of halogens is 5. The average molecular weight is 949 g/mol. The van der Waals surface area contributed by atoms with E-state index in [1.54, 1.807) is 30.8 Å². The SMILES string of the molecule is C=C(CC(C)C(F)F)C1=C(CN2CCN(c3ccc(C(=O)NSc4ccc(NC(CCN5CCNCC5)CSc5ccccc5)c(S(=O)(=O)C(F)(F)F)c4)cc3)CC2)CCC(C)(C)C1. The van der Waals surface area contributed by atoms with Crippen LogP contribution in [-0.4, -0.2) is 113 Å². The molecule has 0 saturated carbocycles. The van der Waals surface area contributed by atoms with Gasteiger partial charge in [0.2, 0.25) is 6.43 Å². The minimum absolute atomic E-state index is 0.0976. The van der Waals surface area contributed by atoms with Crippen LogP contribution in [0.2, 0.25) is 0 Å². The second-order valence-corrected chi connectivity index (χ2v) is 21.7. The molecule has 3 aromatic carbocycles. The van der Waals surface area contributed by atoms with Crippen LogP contribution in [-0.2, 0) is 9.84 Å². The molecule has 350 valence electrons. The van der Waals surface area contributed by atoms with Crippen LogP contribution in [0.15, 0.2) is 111 Å². The maximum atomic E-state index is 14.1. The average Bonchev–Trinajstić information content (AvgIpc) is 3.27. The Balaban J connectivity index is 1.07. The normalized spacial score (nSPS) is 18.8. The summed E-state index contributed by atoms with van der Waals surface area (Å²) in [6, 6.07) is 20.2. The lowest BCUT2D eigenvalue weighted by Crippen LogP contribution is -2.47. The molecule has 2 heterocycles. The Bertz CT molecular complexity index is 2180. The quantitative estimate of drug-likeness (QED) is 0.0613. The van der Waals surface area contributed by atoms with Crippen molar-refractivity contribution in [1.82, 2.24) is 19.8 Å². The van der Waals surface area contributed by atoms with Crippen LogP contribution in [0.1, 0.15) is 63.2 Å². The van der Waals surface area contributed by atoms with Crippen molar-refractivity contribution in [3.05, 3.63) is 102 Å². The van der Waals surface area contributed by atoms with Gasteiger partial charge in [-0.1, -0.05) is 56.7 Å². The predicted molar refractivity (Wildman–Crippen MR) is 250 cm³/mol. The number of allylic oxidation sites excluding steroid dienone is 2. The first-order valence-corrected chi connectivity index (χ1v) is 25.2. The molecule has 2 saturated heterocycles. The number of benzene rings is 3. The zero-order valence-corrected chi connectivity index (χ0v) is 39.3. The molecule has 0 radical (unpaired) electrons. The Morgan fingerprint density at radius 1 is 0.922 bits per heavy atom. The minimum atomic E-state index is -5.76. The number of hydrogen-bond acceptors (Lipinski definition) is 10. The molecule has 2 atom stereocenters. The zero-order chi connectivity index (χ0) is 46.1. The first-order valence-electron chi connectivity index (χ1n) is 21.9. The van der Waals surface area contributed by atoms with Gasteiger partial charge in [0.05, 0.1) is 5.69 Å². The van der Waals surface area contributed by atoms with Gasteiger partial charge in [0.25, 0.3) is 15.7 Å². The highest BCUT2D eigenvalue weighted by atomic mass is 32.2. The first-order chi connectivity index (χ1) is 30.4. The van der Waals surface area contributed by atoms with Crippen LogP contribution >= 0.6 is 23.7 Å². The van der Waals surface area contributed by atoms with Crippen LogP contribution in [0, 0.1) is 11.3 Å². The van der Waals surface area contributed by atoms with E-state index in [4.69, 9.17) is 0 Å². The monoisotopic (exact) mass is 948 g/mol. The lowest BCUT2D eigenvalue weighted by atomic mass is 9.71. The van der Waals surface area contributed by atoms with Crippen LogP contribution in [0.25, 0.3) is 0 Å². The summed E-state index contributed by atoms with van der Waals surface area (Å²) in [6.07, 6.45) is 1.30. The van der Waals surface area contributed by atoms with E-state index in [0.29, 0.717) is 30.7 Å². The number of amides is 1. The van der Waals surface area contributed by atoms with Crippen LogP contribution < -0.4 is 20.3 Å². The van der Waals surface area contributed by atoms with Crippen molar-refractivity contribution in [2.75, 3.05) is 81.4 Å². The second-order valence-electron chi connectivity index (χ2n) is 17.8. The van der Waals surface area contributed by atoms with Crippen LogP contribution in [0.5, 0.6) is 0 Å². The number of carbonyl (C=O) groups excluding carboxylic acids is 1. The van der Waals surface area contributed by atoms with Crippen molar-refractivity contribution in [1.29, 1.82) is 0 Å². The van der Waals surface area contributed by atoms with Gasteiger partial charge >= 0.3 is 5.51 Å². The number of alkyl halides is 5. The van der Waals surface area contributed by atoms with Crippen molar-refractivity contribution in [3.8, 4) is 0 Å². The number of anilines is 2. The van der Waals surface area contributed by atoms with Crippen LogP contribution in [0.3, 0.4) is 0 Å². The maximum Gasteiger partial charge on any atom is 0.501 e. The van der Waals surface area contributed by atoms with Crippen LogP contribution in [0.4, 0.5) is 33.3 Å². The molecule has 64 heavy (non-hydrogen) atoms. The number of sulfone groups is 1. The number of thioether (sulfide) groups is 1. The molecule has 9 nitrogen and oxygen atoms in total. The minimum Gasteiger partial charge on any atom is -0.380 e. The third-order valence-corrected chi connectivity index (χ3v) is 15.7. The van der Waals surface area contributed by atoms with Crippen molar-refractivity contribution in [2.45, 2.75) is 85.5 Å². The second kappa shape index (κ2) is 22.3. The number of rotatable bonds is 19. The molecule has 2 fully saturated rings. The molecule has 0 spiro atoms. The number of nitrogens with one attached hydrogen (secondary N) is 3. The van der Waals surface area contributed by atoms with Gasteiger partial charge in [0, 0.05) is 104 Å². The molecule has 3 N–H and O–H groups in total. The summed E-state index contributed by atoms with van der Waals surface area (Å²) in [6.45, 7) is 18.3. The Labute approximate surface area is 384 Å². The molecule has 6 rings (SSSR count). The predicted octanol–water partition coefficient (Wildman–Crippen LogP) is 9.76. The van der Waals surface area contributed by atoms with E-state index in [2.05, 4.69) is 50.5 Å². The van der Waals surface area contributed by atoms with Crippen molar-refractivity contribution in [3.63, 3.8) is 0 Å². The summed E-state index contributed by atoms with van der Waals surface area (Å²) < 4.78 is 97.9. The van der Waals surface area contributed by atoms with Crippen molar-refractivity contribution in [2.24, 2.45) is 11.3 Å². The summed E-state index contributed by atoms with van der Waals surface area (Å²) in [5, 5.41) is 6.46. The maximum absolute atomic E-state index is 14.1. The Morgan fingerprint density at radius 2 is 1.61 bits per heavy atom. The number of nitrogens with zero attached hydrogens (tertiary/aromatic N) is 3. The molecular formula is C47H61F5N6O3S3. The molecule has 2 aliphatic heterocycles. The summed E-state index contributed by atoms with van der Waals surface area (Å²) >= 11 is 2.29. The van der Waals surface area contributed by atoms with Crippen molar-refractivity contribution >= 4 is 50.8 Å². The number of hydrogen-bond donors (Lipinski definition) is 3. The molecule has 1 aliphatic carbocycles. The van der Waals surface area contributed by atoms with Gasteiger partial charge in [-0.3, -0.25) is 14.4 Å². The summed E-state index contributed by atoms with van der Waals surface area (Å²) in [5.41, 5.74) is -1.02. The van der Waals surface area contributed by atoms with Gasteiger partial charge in [0.15, 0.2) is 0 Å². The molecule has 0 aromatic heterocycles. The lowest BCUT2D eigenvalue weighted by molar-refractivity contribution is -0.0435. The standard InChI is InChI=1S/C47H61F5N6O3S3/c1-33(28-34(2)44(48)49)41-30-46(3,4)18-16-36(41)31-57-24-26-58(27-25-57)38-12-10-35(11-13-38)45(59)55-63-40-14-15-42(43(29-40)64(60,61)47(50,51)52)54-37(17-21-56-22-19-53-20-23-56)32-62-39-8-6-5-7-9-39/h5-15,29,34,37,44,53-54H,1,16-28,30-32H2,2-4H3,(H,55,59). The molecule has 1 amide bonds.